The molecule has 5 heteroatoms. The molecule has 2 rings (SSSR count). The molecular weight excluding hydrogens is 308 g/mol. The standard InChI is InChI=1S/C14H19BrN2O2/c1-2-19-13-6-5-11(15)7-12(13)17-14(18)9-16-8-10-3-4-10/h5-7,10,16H,2-4,8-9H2,1H3,(H,17,18). The Labute approximate surface area is 122 Å². The molecule has 19 heavy (non-hydrogen) atoms. The third kappa shape index (κ3) is 4.84. The predicted octanol–water partition coefficient (Wildman–Crippen LogP) is 2.79. The average Bonchev–Trinajstić information content (AvgIpc) is 3.17. The van der Waals surface area contributed by atoms with Gasteiger partial charge < -0.3 is 15.4 Å². The van der Waals surface area contributed by atoms with Crippen molar-refractivity contribution in [1.82, 2.24) is 5.32 Å². The van der Waals surface area contributed by atoms with Crippen molar-refractivity contribution < 1.29 is 9.53 Å². The quantitative estimate of drug-likeness (QED) is 0.810. The number of hydrogen-bond acceptors (Lipinski definition) is 3. The maximum absolute atomic E-state index is 11.8. The van der Waals surface area contributed by atoms with Crippen molar-refractivity contribution in [1.29, 1.82) is 0 Å². The lowest BCUT2D eigenvalue weighted by Crippen LogP contribution is -2.29. The van der Waals surface area contributed by atoms with Crippen molar-refractivity contribution in [3.05, 3.63) is 22.7 Å². The summed E-state index contributed by atoms with van der Waals surface area (Å²) in [5.74, 6) is 1.43. The lowest BCUT2D eigenvalue weighted by atomic mass is 10.3. The predicted molar refractivity (Wildman–Crippen MR) is 79.5 cm³/mol. The Morgan fingerprint density at radius 2 is 2.26 bits per heavy atom. The van der Waals surface area contributed by atoms with E-state index in [1.165, 1.54) is 12.8 Å². The minimum Gasteiger partial charge on any atom is -0.492 e. The highest BCUT2D eigenvalue weighted by molar-refractivity contribution is 9.10. The third-order valence-electron chi connectivity index (χ3n) is 2.93. The molecule has 0 heterocycles. The van der Waals surface area contributed by atoms with Crippen molar-refractivity contribution in [3.8, 4) is 5.75 Å². The normalized spacial score (nSPS) is 14.2. The molecule has 0 atom stereocenters. The fraction of sp³-hybridized carbons (Fsp3) is 0.500. The van der Waals surface area contributed by atoms with Crippen molar-refractivity contribution in [2.24, 2.45) is 5.92 Å². The van der Waals surface area contributed by atoms with Crippen LogP contribution in [0.25, 0.3) is 0 Å². The number of benzene rings is 1. The van der Waals surface area contributed by atoms with E-state index in [4.69, 9.17) is 4.74 Å². The van der Waals surface area contributed by atoms with E-state index in [0.717, 1.165) is 16.9 Å². The number of carbonyl (C=O) groups is 1. The molecule has 0 bridgehead atoms. The number of halogens is 1. The van der Waals surface area contributed by atoms with Crippen LogP contribution in [0.5, 0.6) is 5.75 Å². The Bertz CT molecular complexity index is 447. The molecular formula is C14H19BrN2O2. The van der Waals surface area contributed by atoms with E-state index in [1.54, 1.807) is 0 Å². The van der Waals surface area contributed by atoms with E-state index in [-0.39, 0.29) is 5.91 Å². The van der Waals surface area contributed by atoms with Crippen molar-refractivity contribution >= 4 is 27.5 Å². The molecule has 0 spiro atoms. The van der Waals surface area contributed by atoms with Gasteiger partial charge in [-0.15, -0.1) is 0 Å². The molecule has 1 amide bonds. The topological polar surface area (TPSA) is 50.4 Å². The second-order valence-electron chi connectivity index (χ2n) is 4.70. The molecule has 0 unspecified atom stereocenters. The minimum absolute atomic E-state index is 0.0419. The molecule has 1 saturated carbocycles. The molecule has 1 aliphatic rings. The van der Waals surface area contributed by atoms with Crippen LogP contribution >= 0.6 is 15.9 Å². The molecule has 1 aromatic carbocycles. The van der Waals surface area contributed by atoms with Gasteiger partial charge in [0.05, 0.1) is 18.8 Å². The van der Waals surface area contributed by atoms with E-state index in [1.807, 2.05) is 25.1 Å². The average molecular weight is 327 g/mol. The first-order valence-electron chi connectivity index (χ1n) is 6.62. The van der Waals surface area contributed by atoms with Gasteiger partial charge in [0.25, 0.3) is 0 Å². The molecule has 0 aliphatic heterocycles. The highest BCUT2D eigenvalue weighted by Crippen LogP contribution is 2.28. The summed E-state index contributed by atoms with van der Waals surface area (Å²) in [5.41, 5.74) is 0.703. The number of amides is 1. The molecule has 1 aliphatic carbocycles. The summed E-state index contributed by atoms with van der Waals surface area (Å²) < 4.78 is 6.40. The van der Waals surface area contributed by atoms with Crippen molar-refractivity contribution in [3.63, 3.8) is 0 Å². The maximum atomic E-state index is 11.8. The Hall–Kier alpha value is -1.07. The van der Waals surface area contributed by atoms with Gasteiger partial charge in [0.2, 0.25) is 5.91 Å². The zero-order chi connectivity index (χ0) is 13.7. The second kappa shape index (κ2) is 6.91. The number of carbonyl (C=O) groups excluding carboxylic acids is 1. The van der Waals surface area contributed by atoms with E-state index in [2.05, 4.69) is 26.6 Å². The van der Waals surface area contributed by atoms with E-state index in [0.29, 0.717) is 24.6 Å². The lowest BCUT2D eigenvalue weighted by molar-refractivity contribution is -0.115. The fourth-order valence-electron chi connectivity index (χ4n) is 1.79. The van der Waals surface area contributed by atoms with Gasteiger partial charge in [0.1, 0.15) is 5.75 Å². The van der Waals surface area contributed by atoms with E-state index in [9.17, 15) is 4.79 Å². The highest BCUT2D eigenvalue weighted by atomic mass is 79.9. The largest absolute Gasteiger partial charge is 0.492 e. The summed E-state index contributed by atoms with van der Waals surface area (Å²) in [6, 6.07) is 5.59. The first-order chi connectivity index (χ1) is 9.19. The molecule has 0 saturated heterocycles. The highest BCUT2D eigenvalue weighted by Gasteiger charge is 2.20. The van der Waals surface area contributed by atoms with Gasteiger partial charge in [-0.1, -0.05) is 15.9 Å². The first kappa shape index (κ1) is 14.3. The van der Waals surface area contributed by atoms with Gasteiger partial charge in [0.15, 0.2) is 0 Å². The Morgan fingerprint density at radius 3 is 2.95 bits per heavy atom. The number of hydrogen-bond donors (Lipinski definition) is 2. The zero-order valence-corrected chi connectivity index (χ0v) is 12.6. The summed E-state index contributed by atoms with van der Waals surface area (Å²) in [4.78, 5) is 11.8. The van der Waals surface area contributed by atoms with Gasteiger partial charge in [-0.3, -0.25) is 4.79 Å². The third-order valence-corrected chi connectivity index (χ3v) is 3.42. The van der Waals surface area contributed by atoms with Gasteiger partial charge in [-0.05, 0) is 50.4 Å². The summed E-state index contributed by atoms with van der Waals surface area (Å²) in [6.07, 6.45) is 2.57. The van der Waals surface area contributed by atoms with Crippen LogP contribution in [0.4, 0.5) is 5.69 Å². The van der Waals surface area contributed by atoms with E-state index >= 15 is 0 Å². The van der Waals surface area contributed by atoms with Crippen LogP contribution in [-0.2, 0) is 4.79 Å². The summed E-state index contributed by atoms with van der Waals surface area (Å²) >= 11 is 3.39. The van der Waals surface area contributed by atoms with Crippen LogP contribution in [0.2, 0.25) is 0 Å². The molecule has 1 fully saturated rings. The number of rotatable bonds is 7. The summed E-state index contributed by atoms with van der Waals surface area (Å²) in [5, 5.41) is 6.04. The monoisotopic (exact) mass is 326 g/mol. The minimum atomic E-state index is -0.0419. The molecule has 1 aromatic rings. The van der Waals surface area contributed by atoms with Gasteiger partial charge in [-0.2, -0.15) is 0 Å². The van der Waals surface area contributed by atoms with E-state index < -0.39 is 0 Å². The molecule has 0 radical (unpaired) electrons. The Kier molecular flexibility index (Phi) is 5.22. The SMILES string of the molecule is CCOc1ccc(Br)cc1NC(=O)CNCC1CC1. The molecule has 104 valence electrons. The van der Waals surface area contributed by atoms with Crippen molar-refractivity contribution in [2.45, 2.75) is 19.8 Å². The number of nitrogens with one attached hydrogen (secondary N) is 2. The van der Waals surface area contributed by atoms with Crippen LogP contribution in [-0.4, -0.2) is 25.6 Å². The van der Waals surface area contributed by atoms with Crippen LogP contribution in [0.1, 0.15) is 19.8 Å². The molecule has 0 aromatic heterocycles. The van der Waals surface area contributed by atoms with Gasteiger partial charge in [0, 0.05) is 4.47 Å². The Morgan fingerprint density at radius 1 is 1.47 bits per heavy atom. The zero-order valence-electron chi connectivity index (χ0n) is 11.0. The first-order valence-corrected chi connectivity index (χ1v) is 7.41. The number of anilines is 1. The van der Waals surface area contributed by atoms with Crippen LogP contribution < -0.4 is 15.4 Å². The smallest absolute Gasteiger partial charge is 0.238 e. The van der Waals surface area contributed by atoms with Crippen molar-refractivity contribution in [2.75, 3.05) is 25.0 Å². The molecule has 2 N–H and O–H groups in total. The number of ether oxygens (including phenoxy) is 1. The summed E-state index contributed by atoms with van der Waals surface area (Å²) in [7, 11) is 0. The van der Waals surface area contributed by atoms with Crippen LogP contribution in [0, 0.1) is 5.92 Å². The van der Waals surface area contributed by atoms with Crippen LogP contribution in [0.3, 0.4) is 0 Å². The second-order valence-corrected chi connectivity index (χ2v) is 5.61. The summed E-state index contributed by atoms with van der Waals surface area (Å²) in [6.45, 7) is 3.77. The lowest BCUT2D eigenvalue weighted by Gasteiger charge is -2.12. The Balaban J connectivity index is 1.88. The van der Waals surface area contributed by atoms with Crippen LogP contribution in [0.15, 0.2) is 22.7 Å². The van der Waals surface area contributed by atoms with Gasteiger partial charge >= 0.3 is 0 Å². The van der Waals surface area contributed by atoms with Gasteiger partial charge in [-0.25, -0.2) is 0 Å². The molecule has 4 nitrogen and oxygen atoms in total. The fourth-order valence-corrected chi connectivity index (χ4v) is 2.15. The maximum Gasteiger partial charge on any atom is 0.238 e.